The molecule has 1 heterocycles. The van der Waals surface area contributed by atoms with Crippen LogP contribution >= 0.6 is 0 Å². The lowest BCUT2D eigenvalue weighted by atomic mass is 9.81. The van der Waals surface area contributed by atoms with Crippen LogP contribution in [0.3, 0.4) is 0 Å². The van der Waals surface area contributed by atoms with E-state index in [1.54, 1.807) is 0 Å². The van der Waals surface area contributed by atoms with Gasteiger partial charge in [0.15, 0.2) is 0 Å². The number of hydrogen-bond acceptors (Lipinski definition) is 1. The molecule has 1 aliphatic carbocycles. The summed E-state index contributed by atoms with van der Waals surface area (Å²) in [4.78, 5) is 4.82. The number of benzene rings is 3. The molecule has 0 bridgehead atoms. The number of pyridine rings is 1. The van der Waals surface area contributed by atoms with Crippen LogP contribution in [0, 0.1) is 20.8 Å². The summed E-state index contributed by atoms with van der Waals surface area (Å²) in [5.74, 6) is 0. The lowest BCUT2D eigenvalue weighted by molar-refractivity contribution is 0.660. The number of nitrogens with zero attached hydrogens (tertiary/aromatic N) is 1. The summed E-state index contributed by atoms with van der Waals surface area (Å²) in [6.07, 6.45) is 2.03. The van der Waals surface area contributed by atoms with Gasteiger partial charge in [0.25, 0.3) is 0 Å². The monoisotopic (exact) mass is 363 g/mol. The molecule has 0 aliphatic heterocycles. The summed E-state index contributed by atoms with van der Waals surface area (Å²) in [7, 11) is 0. The summed E-state index contributed by atoms with van der Waals surface area (Å²) in [6, 6.07) is 20.3. The molecule has 4 aromatic rings. The molecule has 0 spiro atoms. The minimum Gasteiger partial charge on any atom is -0.256 e. The second-order valence-corrected chi connectivity index (χ2v) is 8.75. The molecule has 5 rings (SSSR count). The molecule has 0 N–H and O–H groups in total. The zero-order valence-electron chi connectivity index (χ0n) is 17.2. The van der Waals surface area contributed by atoms with Crippen LogP contribution in [0.4, 0.5) is 0 Å². The maximum Gasteiger partial charge on any atom is 0.0708 e. The van der Waals surface area contributed by atoms with Gasteiger partial charge in [0.2, 0.25) is 0 Å². The minimum atomic E-state index is 0.00997. The lowest BCUT2D eigenvalue weighted by Gasteiger charge is -2.22. The molecule has 138 valence electrons. The van der Waals surface area contributed by atoms with Gasteiger partial charge in [0.1, 0.15) is 0 Å². The second-order valence-electron chi connectivity index (χ2n) is 8.75. The first kappa shape index (κ1) is 17.2. The summed E-state index contributed by atoms with van der Waals surface area (Å²) in [5.41, 5.74) is 11.7. The fraction of sp³-hybridized carbons (Fsp3) is 0.222. The van der Waals surface area contributed by atoms with E-state index in [0.717, 1.165) is 5.69 Å². The van der Waals surface area contributed by atoms with Crippen LogP contribution in [0.25, 0.3) is 33.2 Å². The maximum absolute atomic E-state index is 4.82. The molecule has 1 aromatic heterocycles. The normalized spacial score (nSPS) is 14.2. The molecule has 1 nitrogen and oxygen atoms in total. The van der Waals surface area contributed by atoms with Crippen LogP contribution in [0.5, 0.6) is 0 Å². The van der Waals surface area contributed by atoms with Gasteiger partial charge >= 0.3 is 0 Å². The number of aryl methyl sites for hydroxylation is 3. The van der Waals surface area contributed by atoms with Crippen LogP contribution in [0.15, 0.2) is 60.8 Å². The third-order valence-corrected chi connectivity index (χ3v) is 6.46. The van der Waals surface area contributed by atoms with E-state index in [2.05, 4.69) is 89.2 Å². The Kier molecular flexibility index (Phi) is 3.55. The molecule has 28 heavy (non-hydrogen) atoms. The molecular weight excluding hydrogens is 338 g/mol. The number of hydrogen-bond donors (Lipinski definition) is 0. The van der Waals surface area contributed by atoms with Crippen LogP contribution in [0.1, 0.15) is 41.7 Å². The van der Waals surface area contributed by atoms with Gasteiger partial charge in [-0.15, -0.1) is 0 Å². The first-order chi connectivity index (χ1) is 13.4. The number of rotatable bonds is 1. The lowest BCUT2D eigenvalue weighted by Crippen LogP contribution is -2.15. The van der Waals surface area contributed by atoms with E-state index in [1.165, 1.54) is 55.3 Å². The van der Waals surface area contributed by atoms with Gasteiger partial charge < -0.3 is 0 Å². The molecule has 3 aromatic carbocycles. The highest BCUT2D eigenvalue weighted by Gasteiger charge is 2.35. The highest BCUT2D eigenvalue weighted by molar-refractivity contribution is 5.91. The number of fused-ring (bicyclic) bond motifs is 4. The summed E-state index contributed by atoms with van der Waals surface area (Å²) in [6.45, 7) is 11.2. The molecule has 0 amide bonds. The fourth-order valence-electron chi connectivity index (χ4n) is 4.69. The van der Waals surface area contributed by atoms with Gasteiger partial charge in [-0.3, -0.25) is 4.98 Å². The van der Waals surface area contributed by atoms with Crippen molar-refractivity contribution in [1.29, 1.82) is 0 Å². The molecule has 0 fully saturated rings. The average Bonchev–Trinajstić information content (AvgIpc) is 2.91. The Labute approximate surface area is 167 Å². The van der Waals surface area contributed by atoms with E-state index < -0.39 is 0 Å². The smallest absolute Gasteiger partial charge is 0.0708 e. The van der Waals surface area contributed by atoms with Crippen molar-refractivity contribution in [2.45, 2.75) is 40.0 Å². The zero-order chi connectivity index (χ0) is 19.6. The SMILES string of the molecule is Cc1ccc2c(c1)C(C)(C)c1cc(-c3cc4c(C)ccc(C)c4cn3)ccc1-2. The van der Waals surface area contributed by atoms with Crippen molar-refractivity contribution >= 4 is 10.8 Å². The second kappa shape index (κ2) is 5.78. The Balaban J connectivity index is 1.69. The first-order valence-corrected chi connectivity index (χ1v) is 9.98. The van der Waals surface area contributed by atoms with Crippen molar-refractivity contribution in [3.8, 4) is 22.4 Å². The Morgan fingerprint density at radius 3 is 2.07 bits per heavy atom. The summed E-state index contributed by atoms with van der Waals surface area (Å²) < 4.78 is 0. The first-order valence-electron chi connectivity index (χ1n) is 9.98. The summed E-state index contributed by atoms with van der Waals surface area (Å²) in [5, 5.41) is 2.54. The zero-order valence-corrected chi connectivity index (χ0v) is 17.2. The minimum absolute atomic E-state index is 0.00997. The van der Waals surface area contributed by atoms with E-state index in [1.807, 2.05) is 6.20 Å². The van der Waals surface area contributed by atoms with E-state index >= 15 is 0 Å². The van der Waals surface area contributed by atoms with E-state index in [4.69, 9.17) is 4.98 Å². The van der Waals surface area contributed by atoms with Crippen molar-refractivity contribution in [2.24, 2.45) is 0 Å². The molecule has 1 aliphatic rings. The predicted octanol–water partition coefficient (Wildman–Crippen LogP) is 7.13. The van der Waals surface area contributed by atoms with Crippen molar-refractivity contribution in [3.05, 3.63) is 88.6 Å². The molecule has 0 atom stereocenters. The van der Waals surface area contributed by atoms with Crippen molar-refractivity contribution in [3.63, 3.8) is 0 Å². The van der Waals surface area contributed by atoms with Crippen molar-refractivity contribution < 1.29 is 0 Å². The van der Waals surface area contributed by atoms with Gasteiger partial charge in [-0.1, -0.05) is 61.9 Å². The van der Waals surface area contributed by atoms with Crippen LogP contribution in [-0.2, 0) is 5.41 Å². The Morgan fingerprint density at radius 2 is 1.32 bits per heavy atom. The average molecular weight is 364 g/mol. The Morgan fingerprint density at radius 1 is 0.679 bits per heavy atom. The molecule has 0 saturated carbocycles. The third-order valence-electron chi connectivity index (χ3n) is 6.46. The largest absolute Gasteiger partial charge is 0.256 e. The van der Waals surface area contributed by atoms with E-state index in [9.17, 15) is 0 Å². The standard InChI is InChI=1S/C27H25N/c1-16-6-10-20-21-11-9-19(13-25(21)27(4,5)24(20)12-16)26-14-22-17(2)7-8-18(3)23(22)15-28-26/h6-15H,1-5H3. The molecule has 0 saturated heterocycles. The molecule has 0 radical (unpaired) electrons. The topological polar surface area (TPSA) is 12.9 Å². The van der Waals surface area contributed by atoms with Crippen LogP contribution in [0.2, 0.25) is 0 Å². The van der Waals surface area contributed by atoms with E-state index in [0.29, 0.717) is 0 Å². The molecular formula is C27H25N. The van der Waals surface area contributed by atoms with Gasteiger partial charge in [0, 0.05) is 22.6 Å². The third kappa shape index (κ3) is 2.36. The van der Waals surface area contributed by atoms with Crippen molar-refractivity contribution in [2.75, 3.05) is 0 Å². The molecule has 0 unspecified atom stereocenters. The Bertz CT molecular complexity index is 1260. The quantitative estimate of drug-likeness (QED) is 0.350. The van der Waals surface area contributed by atoms with Gasteiger partial charge in [-0.25, -0.2) is 0 Å². The van der Waals surface area contributed by atoms with Crippen molar-refractivity contribution in [1.82, 2.24) is 4.98 Å². The van der Waals surface area contributed by atoms with Gasteiger partial charge in [-0.05, 0) is 71.7 Å². The Hall–Kier alpha value is -2.93. The molecule has 1 heteroatoms. The highest BCUT2D eigenvalue weighted by Crippen LogP contribution is 2.49. The number of aromatic nitrogens is 1. The van der Waals surface area contributed by atoms with Gasteiger partial charge in [0.05, 0.1) is 5.69 Å². The summed E-state index contributed by atoms with van der Waals surface area (Å²) >= 11 is 0. The highest BCUT2D eigenvalue weighted by atomic mass is 14.7. The van der Waals surface area contributed by atoms with E-state index in [-0.39, 0.29) is 5.41 Å². The van der Waals surface area contributed by atoms with Crippen LogP contribution in [-0.4, -0.2) is 4.98 Å². The van der Waals surface area contributed by atoms with Crippen LogP contribution < -0.4 is 0 Å². The predicted molar refractivity (Wildman–Crippen MR) is 119 cm³/mol. The van der Waals surface area contributed by atoms with Gasteiger partial charge in [-0.2, -0.15) is 0 Å². The maximum atomic E-state index is 4.82. The fourth-order valence-corrected chi connectivity index (χ4v) is 4.69.